The lowest BCUT2D eigenvalue weighted by molar-refractivity contribution is -0.113. The molecular weight excluding hydrogens is 408 g/mol. The Balaban J connectivity index is 1.29. The average Bonchev–Trinajstić information content (AvgIpc) is 3.31. The van der Waals surface area contributed by atoms with Gasteiger partial charge in [-0.25, -0.2) is 4.98 Å². The third-order valence-corrected chi connectivity index (χ3v) is 6.95. The van der Waals surface area contributed by atoms with E-state index in [-0.39, 0.29) is 5.91 Å². The summed E-state index contributed by atoms with van der Waals surface area (Å²) in [6.07, 6.45) is 6.28. The smallest absolute Gasteiger partial charge is 0.234 e. The molecule has 31 heavy (non-hydrogen) atoms. The summed E-state index contributed by atoms with van der Waals surface area (Å²) in [5.74, 6) is 2.39. The van der Waals surface area contributed by atoms with Crippen molar-refractivity contribution in [1.82, 2.24) is 4.98 Å². The van der Waals surface area contributed by atoms with Crippen molar-refractivity contribution in [3.8, 4) is 11.5 Å². The van der Waals surface area contributed by atoms with Crippen LogP contribution in [0.2, 0.25) is 0 Å². The van der Waals surface area contributed by atoms with Crippen molar-refractivity contribution < 1.29 is 14.3 Å². The number of carbonyl (C=O) groups is 1. The highest BCUT2D eigenvalue weighted by atomic mass is 32.2. The second kappa shape index (κ2) is 9.18. The molecule has 3 aromatic rings. The van der Waals surface area contributed by atoms with Crippen molar-refractivity contribution in [2.45, 2.75) is 37.1 Å². The van der Waals surface area contributed by atoms with Crippen molar-refractivity contribution in [2.75, 3.05) is 24.3 Å². The number of thioether (sulfide) groups is 1. The summed E-state index contributed by atoms with van der Waals surface area (Å²) in [4.78, 5) is 17.5. The van der Waals surface area contributed by atoms with E-state index < -0.39 is 0 Å². The molecule has 1 saturated carbocycles. The van der Waals surface area contributed by atoms with Gasteiger partial charge < -0.3 is 14.8 Å². The zero-order valence-electron chi connectivity index (χ0n) is 17.4. The minimum Gasteiger partial charge on any atom is -0.486 e. The van der Waals surface area contributed by atoms with E-state index in [2.05, 4.69) is 23.5 Å². The van der Waals surface area contributed by atoms with Crippen LogP contribution in [-0.2, 0) is 11.2 Å². The highest BCUT2D eigenvalue weighted by Crippen LogP contribution is 2.34. The summed E-state index contributed by atoms with van der Waals surface area (Å²) in [6.45, 7) is 1.08. The number of nitrogens with one attached hydrogen (secondary N) is 1. The predicted molar refractivity (Wildman–Crippen MR) is 124 cm³/mol. The number of nitrogens with zero attached hydrogens (tertiary/aromatic N) is 1. The summed E-state index contributed by atoms with van der Waals surface area (Å²) >= 11 is 1.52. The number of hydrogen-bond donors (Lipinski definition) is 1. The van der Waals surface area contributed by atoms with Gasteiger partial charge in [0, 0.05) is 17.1 Å². The Morgan fingerprint density at radius 3 is 2.71 bits per heavy atom. The lowest BCUT2D eigenvalue weighted by atomic mass is 9.98. The van der Waals surface area contributed by atoms with Crippen LogP contribution in [0, 0.1) is 5.92 Å². The van der Waals surface area contributed by atoms with Gasteiger partial charge in [0.05, 0.1) is 11.3 Å². The standard InChI is InChI=1S/C25H26N2O3S/c28-24(26-20-9-10-22-23(15-20)30-12-11-29-22)16-31-25-19(13-17-5-1-2-6-17)14-18-7-3-4-8-21(18)27-25/h3-4,7-10,14-15,17H,1-2,5-6,11-13,16H2,(H,26,28). The summed E-state index contributed by atoms with van der Waals surface area (Å²) < 4.78 is 11.1. The Kier molecular flexibility index (Phi) is 5.98. The molecule has 0 bridgehead atoms. The van der Waals surface area contributed by atoms with Crippen LogP contribution in [0.5, 0.6) is 11.5 Å². The highest BCUT2D eigenvalue weighted by Gasteiger charge is 2.19. The second-order valence-corrected chi connectivity index (χ2v) is 9.16. The first kappa shape index (κ1) is 20.2. The highest BCUT2D eigenvalue weighted by molar-refractivity contribution is 8.00. The molecule has 1 aliphatic carbocycles. The normalized spacial score (nSPS) is 15.9. The molecule has 0 radical (unpaired) electrons. The maximum Gasteiger partial charge on any atom is 0.234 e. The van der Waals surface area contributed by atoms with Gasteiger partial charge >= 0.3 is 0 Å². The predicted octanol–water partition coefficient (Wildman–Crippen LogP) is 5.47. The van der Waals surface area contributed by atoms with Crippen LogP contribution >= 0.6 is 11.8 Å². The molecule has 1 fully saturated rings. The molecule has 0 saturated heterocycles. The van der Waals surface area contributed by atoms with Crippen LogP contribution < -0.4 is 14.8 Å². The Morgan fingerprint density at radius 1 is 1.03 bits per heavy atom. The largest absolute Gasteiger partial charge is 0.486 e. The third kappa shape index (κ3) is 4.79. The molecule has 6 heteroatoms. The van der Waals surface area contributed by atoms with Crippen LogP contribution in [0.4, 0.5) is 5.69 Å². The van der Waals surface area contributed by atoms with Gasteiger partial charge in [-0.2, -0.15) is 0 Å². The Labute approximate surface area is 186 Å². The number of anilines is 1. The summed E-state index contributed by atoms with van der Waals surface area (Å²) in [5.41, 5.74) is 2.96. The van der Waals surface area contributed by atoms with E-state index in [4.69, 9.17) is 14.5 Å². The zero-order chi connectivity index (χ0) is 21.0. The van der Waals surface area contributed by atoms with Gasteiger partial charge in [-0.15, -0.1) is 0 Å². The number of rotatable bonds is 6. The van der Waals surface area contributed by atoms with E-state index in [9.17, 15) is 4.79 Å². The molecular formula is C25H26N2O3S. The van der Waals surface area contributed by atoms with Gasteiger partial charge in [-0.1, -0.05) is 55.6 Å². The maximum atomic E-state index is 12.6. The quantitative estimate of drug-likeness (QED) is 0.521. The second-order valence-electron chi connectivity index (χ2n) is 8.20. The van der Waals surface area contributed by atoms with Crippen LogP contribution in [0.15, 0.2) is 53.6 Å². The van der Waals surface area contributed by atoms with E-state index in [1.807, 2.05) is 30.3 Å². The minimum atomic E-state index is -0.0524. The summed E-state index contributed by atoms with van der Waals surface area (Å²) in [7, 11) is 0. The van der Waals surface area contributed by atoms with Crippen LogP contribution in [0.25, 0.3) is 10.9 Å². The van der Waals surface area contributed by atoms with E-state index in [1.54, 1.807) is 0 Å². The first-order chi connectivity index (χ1) is 15.2. The number of amides is 1. The van der Waals surface area contributed by atoms with E-state index in [0.717, 1.165) is 28.6 Å². The van der Waals surface area contributed by atoms with Gasteiger partial charge in [-0.05, 0) is 42.2 Å². The molecule has 0 unspecified atom stereocenters. The molecule has 0 atom stereocenters. The number of hydrogen-bond acceptors (Lipinski definition) is 5. The maximum absolute atomic E-state index is 12.6. The van der Waals surface area contributed by atoms with Gasteiger partial charge in [0.15, 0.2) is 11.5 Å². The number of benzene rings is 2. The molecule has 5 nitrogen and oxygen atoms in total. The molecule has 1 N–H and O–H groups in total. The van der Waals surface area contributed by atoms with Crippen molar-refractivity contribution in [3.63, 3.8) is 0 Å². The zero-order valence-corrected chi connectivity index (χ0v) is 18.2. The lowest BCUT2D eigenvalue weighted by Gasteiger charge is -2.19. The molecule has 2 heterocycles. The summed E-state index contributed by atoms with van der Waals surface area (Å²) in [5, 5.41) is 5.11. The first-order valence-electron chi connectivity index (χ1n) is 11.0. The fraction of sp³-hybridized carbons (Fsp3) is 0.360. The molecule has 5 rings (SSSR count). The number of ether oxygens (including phenoxy) is 2. The first-order valence-corrected chi connectivity index (χ1v) is 11.9. The monoisotopic (exact) mass is 434 g/mol. The number of aromatic nitrogens is 1. The Bertz CT molecular complexity index is 1100. The van der Waals surface area contributed by atoms with Crippen molar-refractivity contribution in [2.24, 2.45) is 5.92 Å². The lowest BCUT2D eigenvalue weighted by Crippen LogP contribution is -2.17. The van der Waals surface area contributed by atoms with Crippen molar-refractivity contribution >= 4 is 34.3 Å². The third-order valence-electron chi connectivity index (χ3n) is 5.91. The van der Waals surface area contributed by atoms with E-state index in [0.29, 0.717) is 30.4 Å². The van der Waals surface area contributed by atoms with Gasteiger partial charge in [0.1, 0.15) is 18.2 Å². The topological polar surface area (TPSA) is 60.5 Å². The molecule has 1 aromatic heterocycles. The van der Waals surface area contributed by atoms with Gasteiger partial charge in [0.2, 0.25) is 5.91 Å². The number of pyridine rings is 1. The van der Waals surface area contributed by atoms with Crippen LogP contribution in [-0.4, -0.2) is 29.9 Å². The van der Waals surface area contributed by atoms with Crippen LogP contribution in [0.1, 0.15) is 31.2 Å². The van der Waals surface area contributed by atoms with Crippen LogP contribution in [0.3, 0.4) is 0 Å². The molecule has 1 amide bonds. The fourth-order valence-corrected chi connectivity index (χ4v) is 5.22. The minimum absolute atomic E-state index is 0.0524. The molecule has 160 valence electrons. The molecule has 2 aliphatic rings. The van der Waals surface area contributed by atoms with Gasteiger partial charge in [0.25, 0.3) is 0 Å². The Hall–Kier alpha value is -2.73. The molecule has 2 aromatic carbocycles. The number of para-hydroxylation sites is 1. The fourth-order valence-electron chi connectivity index (χ4n) is 4.39. The molecule has 0 spiro atoms. The van der Waals surface area contributed by atoms with Gasteiger partial charge in [-0.3, -0.25) is 4.79 Å². The Morgan fingerprint density at radius 2 is 1.84 bits per heavy atom. The number of carbonyl (C=O) groups excluding carboxylic acids is 1. The molecule has 1 aliphatic heterocycles. The number of fused-ring (bicyclic) bond motifs is 2. The summed E-state index contributed by atoms with van der Waals surface area (Å²) in [6, 6.07) is 16.0. The van der Waals surface area contributed by atoms with E-state index in [1.165, 1.54) is 48.4 Å². The van der Waals surface area contributed by atoms with Crippen molar-refractivity contribution in [1.29, 1.82) is 0 Å². The van der Waals surface area contributed by atoms with Crippen molar-refractivity contribution in [3.05, 3.63) is 54.1 Å². The van der Waals surface area contributed by atoms with E-state index >= 15 is 0 Å². The average molecular weight is 435 g/mol. The SMILES string of the molecule is O=C(CSc1nc2ccccc2cc1CC1CCCC1)Nc1ccc2c(c1)OCCO2.